The number of hydrogen-bond donors (Lipinski definition) is 3. The number of methoxy groups -OCH3 is 1. The van der Waals surface area contributed by atoms with Crippen LogP contribution in [-0.4, -0.2) is 93.7 Å². The minimum atomic E-state index is -2.35. The molecule has 11 heteroatoms. The Labute approximate surface area is 310 Å². The Morgan fingerprint density at radius 1 is 1.06 bits per heavy atom. The van der Waals surface area contributed by atoms with Crippen LogP contribution in [0.4, 0.5) is 0 Å². The molecule has 4 rings (SSSR count). The van der Waals surface area contributed by atoms with Gasteiger partial charge in [-0.2, -0.15) is 0 Å². The molecule has 9 nitrogen and oxygen atoms in total. The quantitative estimate of drug-likeness (QED) is 0.1000. The van der Waals surface area contributed by atoms with Gasteiger partial charge in [0.15, 0.2) is 16.6 Å². The summed E-state index contributed by atoms with van der Waals surface area (Å²) in [7, 11) is -2.84. The molecule has 51 heavy (non-hydrogen) atoms. The molecule has 4 bridgehead atoms. The van der Waals surface area contributed by atoms with Crippen LogP contribution in [0, 0.1) is 29.6 Å². The molecule has 3 N–H and O–H groups in total. The van der Waals surface area contributed by atoms with Crippen molar-refractivity contribution in [1.82, 2.24) is 4.98 Å². The molecule has 1 saturated carbocycles. The van der Waals surface area contributed by atoms with Gasteiger partial charge in [0.05, 0.1) is 31.0 Å². The van der Waals surface area contributed by atoms with Crippen molar-refractivity contribution in [2.24, 2.45) is 29.6 Å². The summed E-state index contributed by atoms with van der Waals surface area (Å²) in [5, 5.41) is 22.0. The number of aliphatic hydroxyl groups excluding tert-OH is 2. The average Bonchev–Trinajstić information content (AvgIpc) is 3.62. The Hall–Kier alpha value is -1.58. The molecule has 290 valence electrons. The van der Waals surface area contributed by atoms with Gasteiger partial charge in [-0.05, 0) is 74.2 Å². The van der Waals surface area contributed by atoms with Gasteiger partial charge in [-0.1, -0.05) is 73.6 Å². The van der Waals surface area contributed by atoms with Crippen molar-refractivity contribution in [3.63, 3.8) is 0 Å². The van der Waals surface area contributed by atoms with Crippen LogP contribution in [0.1, 0.15) is 86.1 Å². The van der Waals surface area contributed by atoms with Gasteiger partial charge < -0.3 is 38.3 Å². The van der Waals surface area contributed by atoms with Crippen LogP contribution in [-0.2, 0) is 23.1 Å². The fraction of sp³-hybridized carbons (Fsp3) is 0.775. The lowest BCUT2D eigenvalue weighted by Crippen LogP contribution is -2.60. The minimum absolute atomic E-state index is 0.0160. The van der Waals surface area contributed by atoms with Crippen LogP contribution < -0.4 is 0 Å². The second kappa shape index (κ2) is 15.3. The highest BCUT2D eigenvalue weighted by molar-refractivity contribution is 6.74. The molecular formula is C40H69NO8Si2. The predicted molar refractivity (Wildman–Crippen MR) is 208 cm³/mol. The standard InChI is InChI=1S/C40H69NO8Si2/c1-24(33(43)27(4)48-50(12,13)38(5,6)7)21-25(2)40-28(22-29(23-42)45-11)18-19-30-32(40)34(49-51(14,15)39(8,9)10)26(3)35(36(30)47-40)46-37(44)31-17-16-20-41-31/h16-21,24,26-30,32-36,41-43H,22-23H2,1-15H3/b25-21+/t24?,26-,27?,28-,29?,30-,32+,33?,34-,35-,36-,40+/m1/s1. The van der Waals surface area contributed by atoms with E-state index in [2.05, 4.69) is 105 Å². The number of esters is 1. The number of rotatable bonds is 14. The van der Waals surface area contributed by atoms with Crippen molar-refractivity contribution in [2.75, 3.05) is 13.7 Å². The Balaban J connectivity index is 1.84. The summed E-state index contributed by atoms with van der Waals surface area (Å²) in [5.41, 5.74) is 0.539. The van der Waals surface area contributed by atoms with E-state index in [1.807, 2.05) is 13.8 Å². The molecule has 0 amide bonds. The van der Waals surface area contributed by atoms with Gasteiger partial charge in [-0.25, -0.2) is 4.79 Å². The van der Waals surface area contributed by atoms with Crippen LogP contribution in [0.25, 0.3) is 0 Å². The third-order valence-electron chi connectivity index (χ3n) is 13.2. The molecule has 2 aliphatic carbocycles. The number of aromatic amines is 1. The molecule has 1 aromatic heterocycles. The van der Waals surface area contributed by atoms with E-state index in [4.69, 9.17) is 23.1 Å². The number of carbonyl (C=O) groups excluding carboxylic acids is 1. The molecule has 2 heterocycles. The first-order valence-corrected chi connectivity index (χ1v) is 24.8. The van der Waals surface area contributed by atoms with Crippen molar-refractivity contribution < 1.29 is 38.1 Å². The number of carbonyl (C=O) groups is 1. The molecule has 12 atom stereocenters. The maximum atomic E-state index is 13.5. The van der Waals surface area contributed by atoms with Gasteiger partial charge in [0.2, 0.25) is 0 Å². The van der Waals surface area contributed by atoms with Gasteiger partial charge in [-0.15, -0.1) is 0 Å². The van der Waals surface area contributed by atoms with E-state index in [1.54, 1.807) is 25.4 Å². The summed E-state index contributed by atoms with van der Waals surface area (Å²) >= 11 is 0. The van der Waals surface area contributed by atoms with E-state index in [-0.39, 0.29) is 58.5 Å². The van der Waals surface area contributed by atoms with Crippen LogP contribution in [0.2, 0.25) is 36.3 Å². The predicted octanol–water partition coefficient (Wildman–Crippen LogP) is 7.89. The van der Waals surface area contributed by atoms with Crippen molar-refractivity contribution in [3.8, 4) is 0 Å². The Kier molecular flexibility index (Phi) is 12.6. The van der Waals surface area contributed by atoms with E-state index in [9.17, 15) is 15.0 Å². The molecular weight excluding hydrogens is 679 g/mol. The zero-order valence-electron chi connectivity index (χ0n) is 34.1. The molecule has 1 saturated heterocycles. The van der Waals surface area contributed by atoms with Gasteiger partial charge in [0, 0.05) is 42.9 Å². The molecule has 0 spiro atoms. The number of hydrogen-bond acceptors (Lipinski definition) is 8. The monoisotopic (exact) mass is 747 g/mol. The number of aromatic nitrogens is 1. The molecule has 3 aliphatic rings. The first-order valence-electron chi connectivity index (χ1n) is 19.0. The maximum absolute atomic E-state index is 13.5. The smallest absolute Gasteiger partial charge is 0.355 e. The lowest BCUT2D eigenvalue weighted by molar-refractivity contribution is -0.106. The third kappa shape index (κ3) is 8.11. The number of ether oxygens (including phenoxy) is 3. The van der Waals surface area contributed by atoms with Crippen molar-refractivity contribution in [1.29, 1.82) is 0 Å². The average molecular weight is 748 g/mol. The molecule has 1 aromatic rings. The fourth-order valence-electron chi connectivity index (χ4n) is 8.11. The third-order valence-corrected chi connectivity index (χ3v) is 22.3. The van der Waals surface area contributed by atoms with Crippen molar-refractivity contribution >= 4 is 22.6 Å². The van der Waals surface area contributed by atoms with Crippen molar-refractivity contribution in [3.05, 3.63) is 47.8 Å². The second-order valence-electron chi connectivity index (χ2n) is 18.7. The lowest BCUT2D eigenvalue weighted by Gasteiger charge is -2.53. The SMILES string of the molecule is COC(CO)C[C@H]1C=C[C@H]2[C@H]3O[C@]1(/C(C)=C/C(C)C(O)C(C)O[Si](C)(C)C(C)(C)C)[C@@H]2[C@H](O[Si](C)(C)C(C)(C)C)[C@@H](C)[C@H]3OC(=O)c1ccc[nH]1. The number of nitrogens with one attached hydrogen (secondary N) is 1. The van der Waals surface area contributed by atoms with Gasteiger partial charge in [-0.3, -0.25) is 0 Å². The summed E-state index contributed by atoms with van der Waals surface area (Å²) < 4.78 is 33.7. The molecule has 2 fully saturated rings. The van der Waals surface area contributed by atoms with Crippen molar-refractivity contribution in [2.45, 2.75) is 154 Å². The van der Waals surface area contributed by atoms with E-state index in [0.717, 1.165) is 5.57 Å². The highest BCUT2D eigenvalue weighted by Crippen LogP contribution is 2.62. The normalized spacial score (nSPS) is 32.4. The van der Waals surface area contributed by atoms with Crippen LogP contribution in [0.3, 0.4) is 0 Å². The van der Waals surface area contributed by atoms with E-state index < -0.39 is 52.6 Å². The maximum Gasteiger partial charge on any atom is 0.355 e. The van der Waals surface area contributed by atoms with Crippen LogP contribution in [0.15, 0.2) is 42.1 Å². The van der Waals surface area contributed by atoms with Crippen LogP contribution >= 0.6 is 0 Å². The highest BCUT2D eigenvalue weighted by Gasteiger charge is 2.70. The highest BCUT2D eigenvalue weighted by atomic mass is 28.4. The Bertz CT molecular complexity index is 1390. The number of H-pyrrole nitrogens is 1. The Morgan fingerprint density at radius 2 is 1.69 bits per heavy atom. The molecule has 0 radical (unpaired) electrons. The van der Waals surface area contributed by atoms with Crippen LogP contribution in [0.5, 0.6) is 0 Å². The zero-order valence-corrected chi connectivity index (χ0v) is 36.1. The minimum Gasteiger partial charge on any atom is -0.455 e. The lowest BCUT2D eigenvalue weighted by atomic mass is 9.57. The summed E-state index contributed by atoms with van der Waals surface area (Å²) in [6.07, 6.45) is 6.10. The van der Waals surface area contributed by atoms with E-state index in [1.165, 1.54) is 0 Å². The van der Waals surface area contributed by atoms with E-state index in [0.29, 0.717) is 12.1 Å². The fourth-order valence-corrected chi connectivity index (χ4v) is 10.9. The Morgan fingerprint density at radius 3 is 2.22 bits per heavy atom. The van der Waals surface area contributed by atoms with Gasteiger partial charge >= 0.3 is 5.97 Å². The number of aliphatic hydroxyl groups is 2. The first-order chi connectivity index (χ1) is 23.4. The summed E-state index contributed by atoms with van der Waals surface area (Å²) in [5.74, 6) is -1.17. The first kappa shape index (κ1) is 42.2. The van der Waals surface area contributed by atoms with Gasteiger partial charge in [0.25, 0.3) is 0 Å². The zero-order chi connectivity index (χ0) is 38.5. The summed E-state index contributed by atoms with van der Waals surface area (Å²) in [6.45, 7) is 30.5. The summed E-state index contributed by atoms with van der Waals surface area (Å²) in [6, 6.07) is 3.51. The molecule has 4 unspecified atom stereocenters. The summed E-state index contributed by atoms with van der Waals surface area (Å²) in [4.78, 5) is 16.5. The van der Waals surface area contributed by atoms with E-state index >= 15 is 0 Å². The molecule has 0 aromatic carbocycles. The molecule has 1 aliphatic heterocycles. The topological polar surface area (TPSA) is 119 Å². The largest absolute Gasteiger partial charge is 0.455 e. The van der Waals surface area contributed by atoms with Gasteiger partial charge in [0.1, 0.15) is 23.5 Å². The second-order valence-corrected chi connectivity index (χ2v) is 28.2.